The molecule has 9 heteroatoms. The standard InChI is InChI=1S/C31H30N2O5S2/c1-3-25(39-22-12-7-11-21(18-22)32-28(34)24-13-8-16-38-24)29(35)33-30-27(31(36)37-2)23-15-14-20(17-26(23)40-30)19-9-5-4-6-10-19/h4-13,16,18,20,25H,3,14-15,17H2,1-2H3,(H,32,34)(H,33,35). The van der Waals surface area contributed by atoms with Gasteiger partial charge in [-0.15, -0.1) is 23.1 Å². The van der Waals surface area contributed by atoms with Gasteiger partial charge in [0.15, 0.2) is 5.76 Å². The Morgan fingerprint density at radius 1 is 1.07 bits per heavy atom. The molecule has 1 aliphatic carbocycles. The number of thioether (sulfide) groups is 1. The summed E-state index contributed by atoms with van der Waals surface area (Å²) in [4.78, 5) is 40.6. The average molecular weight is 575 g/mol. The summed E-state index contributed by atoms with van der Waals surface area (Å²) in [5, 5.41) is 6.01. The molecule has 0 radical (unpaired) electrons. The van der Waals surface area contributed by atoms with Crippen molar-refractivity contribution in [3.05, 3.63) is 100 Å². The number of furan rings is 1. The van der Waals surface area contributed by atoms with Crippen molar-refractivity contribution < 1.29 is 23.5 Å². The maximum absolute atomic E-state index is 13.5. The van der Waals surface area contributed by atoms with Crippen molar-refractivity contribution in [3.8, 4) is 0 Å². The Labute approximate surface area is 241 Å². The molecule has 0 bridgehead atoms. The predicted octanol–water partition coefficient (Wildman–Crippen LogP) is 7.16. The Hall–Kier alpha value is -3.82. The Kier molecular flexibility index (Phi) is 8.72. The van der Waals surface area contributed by atoms with E-state index in [1.54, 1.807) is 18.2 Å². The highest BCUT2D eigenvalue weighted by atomic mass is 32.2. The van der Waals surface area contributed by atoms with E-state index in [1.807, 2.05) is 31.2 Å². The molecule has 2 aromatic heterocycles. The van der Waals surface area contributed by atoms with Gasteiger partial charge in [-0.25, -0.2) is 4.79 Å². The van der Waals surface area contributed by atoms with Crippen LogP contribution in [-0.2, 0) is 22.4 Å². The topological polar surface area (TPSA) is 97.6 Å². The van der Waals surface area contributed by atoms with E-state index in [0.29, 0.717) is 28.6 Å². The summed E-state index contributed by atoms with van der Waals surface area (Å²) >= 11 is 2.89. The van der Waals surface area contributed by atoms with Gasteiger partial charge in [0.05, 0.1) is 24.2 Å². The molecule has 2 unspecified atom stereocenters. The van der Waals surface area contributed by atoms with Gasteiger partial charge < -0.3 is 19.8 Å². The van der Waals surface area contributed by atoms with Crippen LogP contribution in [0.5, 0.6) is 0 Å². The molecule has 5 rings (SSSR count). The first-order valence-electron chi connectivity index (χ1n) is 13.2. The first kappa shape index (κ1) is 27.7. The van der Waals surface area contributed by atoms with Crippen LogP contribution in [0.4, 0.5) is 10.7 Å². The first-order valence-corrected chi connectivity index (χ1v) is 14.9. The number of thiophene rings is 1. The summed E-state index contributed by atoms with van der Waals surface area (Å²) in [6, 6.07) is 21.0. The molecule has 2 amide bonds. The minimum atomic E-state index is -0.424. The fraction of sp³-hybridized carbons (Fsp3) is 0.258. The van der Waals surface area contributed by atoms with Crippen LogP contribution < -0.4 is 10.6 Å². The second kappa shape index (κ2) is 12.6. The maximum Gasteiger partial charge on any atom is 0.341 e. The van der Waals surface area contributed by atoms with Crippen LogP contribution in [0.1, 0.15) is 62.6 Å². The number of rotatable bonds is 9. The number of ether oxygens (including phenoxy) is 1. The molecule has 0 spiro atoms. The second-order valence-electron chi connectivity index (χ2n) is 9.51. The highest BCUT2D eigenvalue weighted by Gasteiger charge is 2.31. The molecular weight excluding hydrogens is 544 g/mol. The molecular formula is C31H30N2O5S2. The molecule has 1 aliphatic rings. The number of hydrogen-bond donors (Lipinski definition) is 2. The number of nitrogens with one attached hydrogen (secondary N) is 2. The summed E-state index contributed by atoms with van der Waals surface area (Å²) in [5.41, 5.74) is 3.36. The molecule has 40 heavy (non-hydrogen) atoms. The van der Waals surface area contributed by atoms with Crippen molar-refractivity contribution in [3.63, 3.8) is 0 Å². The number of hydrogen-bond acceptors (Lipinski definition) is 7. The summed E-state index contributed by atoms with van der Waals surface area (Å²) in [7, 11) is 1.37. The highest BCUT2D eigenvalue weighted by molar-refractivity contribution is 8.00. The van der Waals surface area contributed by atoms with Gasteiger partial charge in [-0.3, -0.25) is 9.59 Å². The molecule has 2 atom stereocenters. The summed E-state index contributed by atoms with van der Waals surface area (Å²) in [6.45, 7) is 1.95. The van der Waals surface area contributed by atoms with Crippen molar-refractivity contribution in [1.82, 2.24) is 0 Å². The molecule has 2 N–H and O–H groups in total. The van der Waals surface area contributed by atoms with Gasteiger partial charge in [-0.2, -0.15) is 0 Å². The normalized spacial score (nSPS) is 15.1. The Balaban J connectivity index is 1.31. The van der Waals surface area contributed by atoms with Crippen LogP contribution in [0.3, 0.4) is 0 Å². The van der Waals surface area contributed by atoms with Gasteiger partial charge in [-0.05, 0) is 73.1 Å². The second-order valence-corrected chi connectivity index (χ2v) is 11.9. The number of methoxy groups -OCH3 is 1. The summed E-state index contributed by atoms with van der Waals surface area (Å²) in [6.07, 6.45) is 4.54. The van der Waals surface area contributed by atoms with Gasteiger partial charge in [0.2, 0.25) is 5.91 Å². The van der Waals surface area contributed by atoms with Crippen molar-refractivity contribution in [2.75, 3.05) is 17.7 Å². The van der Waals surface area contributed by atoms with Crippen LogP contribution in [0.25, 0.3) is 0 Å². The Morgan fingerprint density at radius 2 is 1.90 bits per heavy atom. The van der Waals surface area contributed by atoms with Crippen molar-refractivity contribution in [2.45, 2.75) is 48.7 Å². The smallest absolute Gasteiger partial charge is 0.341 e. The molecule has 7 nitrogen and oxygen atoms in total. The lowest BCUT2D eigenvalue weighted by Gasteiger charge is -2.22. The van der Waals surface area contributed by atoms with Gasteiger partial charge >= 0.3 is 5.97 Å². The third kappa shape index (κ3) is 6.16. The van der Waals surface area contributed by atoms with Crippen LogP contribution >= 0.6 is 23.1 Å². The van der Waals surface area contributed by atoms with E-state index in [2.05, 4.69) is 34.9 Å². The van der Waals surface area contributed by atoms with Gasteiger partial charge in [0, 0.05) is 15.5 Å². The van der Waals surface area contributed by atoms with Gasteiger partial charge in [0.1, 0.15) is 5.00 Å². The van der Waals surface area contributed by atoms with Crippen molar-refractivity contribution in [1.29, 1.82) is 0 Å². The summed E-state index contributed by atoms with van der Waals surface area (Å²) in [5.74, 6) is -0.351. The van der Waals surface area contributed by atoms with E-state index in [0.717, 1.165) is 34.6 Å². The molecule has 206 valence electrons. The number of esters is 1. The number of carbonyl (C=O) groups excluding carboxylic acids is 3. The van der Waals surface area contributed by atoms with E-state index < -0.39 is 11.2 Å². The molecule has 0 saturated heterocycles. The number of fused-ring (bicyclic) bond motifs is 1. The third-order valence-electron chi connectivity index (χ3n) is 6.94. The molecule has 0 saturated carbocycles. The molecule has 0 aliphatic heterocycles. The molecule has 2 aromatic carbocycles. The minimum Gasteiger partial charge on any atom is -0.465 e. The van der Waals surface area contributed by atoms with Crippen LogP contribution in [0, 0.1) is 0 Å². The fourth-order valence-electron chi connectivity index (χ4n) is 4.93. The van der Waals surface area contributed by atoms with Crippen molar-refractivity contribution >= 4 is 51.6 Å². The van der Waals surface area contributed by atoms with E-state index in [-0.39, 0.29) is 17.6 Å². The molecule has 0 fully saturated rings. The van der Waals surface area contributed by atoms with E-state index >= 15 is 0 Å². The average Bonchev–Trinajstić information content (AvgIpc) is 3.64. The summed E-state index contributed by atoms with van der Waals surface area (Å²) < 4.78 is 10.3. The quantitative estimate of drug-likeness (QED) is 0.163. The molecule has 4 aromatic rings. The van der Waals surface area contributed by atoms with Crippen LogP contribution in [0.15, 0.2) is 82.3 Å². The van der Waals surface area contributed by atoms with Gasteiger partial charge in [0.25, 0.3) is 5.91 Å². The number of carbonyl (C=O) groups is 3. The Bertz CT molecular complexity index is 1500. The van der Waals surface area contributed by atoms with Crippen LogP contribution in [0.2, 0.25) is 0 Å². The maximum atomic E-state index is 13.5. The zero-order valence-electron chi connectivity index (χ0n) is 22.3. The lowest BCUT2D eigenvalue weighted by Crippen LogP contribution is -2.25. The lowest BCUT2D eigenvalue weighted by atomic mass is 9.83. The number of amides is 2. The van der Waals surface area contributed by atoms with E-state index in [4.69, 9.17) is 9.15 Å². The van der Waals surface area contributed by atoms with E-state index in [9.17, 15) is 14.4 Å². The van der Waals surface area contributed by atoms with E-state index in [1.165, 1.54) is 42.0 Å². The number of anilines is 2. The lowest BCUT2D eigenvalue weighted by molar-refractivity contribution is -0.115. The number of benzene rings is 2. The molecule has 2 heterocycles. The largest absolute Gasteiger partial charge is 0.465 e. The third-order valence-corrected chi connectivity index (χ3v) is 9.47. The first-order chi connectivity index (χ1) is 19.5. The van der Waals surface area contributed by atoms with Gasteiger partial charge in [-0.1, -0.05) is 43.3 Å². The fourth-order valence-corrected chi connectivity index (χ4v) is 7.26. The predicted molar refractivity (Wildman–Crippen MR) is 159 cm³/mol. The van der Waals surface area contributed by atoms with Crippen molar-refractivity contribution in [2.24, 2.45) is 0 Å². The monoisotopic (exact) mass is 574 g/mol. The minimum absolute atomic E-state index is 0.180. The SMILES string of the molecule is CCC(Sc1cccc(NC(=O)c2ccco2)c1)C(=O)Nc1sc2c(c1C(=O)OC)CCC(c1ccccc1)C2. The Morgan fingerprint density at radius 3 is 2.62 bits per heavy atom. The zero-order valence-corrected chi connectivity index (χ0v) is 23.9. The zero-order chi connectivity index (χ0) is 28.1. The van der Waals surface area contributed by atoms with Crippen LogP contribution in [-0.4, -0.2) is 30.1 Å². The highest BCUT2D eigenvalue weighted by Crippen LogP contribution is 2.43.